The molecule has 1 aromatic carbocycles. The van der Waals surface area contributed by atoms with E-state index in [4.69, 9.17) is 7.29 Å². The Hall–Kier alpha value is -1.72. The van der Waals surface area contributed by atoms with Crippen molar-refractivity contribution in [1.29, 1.82) is 0 Å². The zero-order chi connectivity index (χ0) is 14.5. The van der Waals surface area contributed by atoms with Crippen LogP contribution in [0.25, 0.3) is 0 Å². The van der Waals surface area contributed by atoms with Crippen molar-refractivity contribution in [2.24, 2.45) is 0 Å². The molecule has 0 radical (unpaired) electrons. The maximum absolute atomic E-state index is 10.7. The Kier molecular flexibility index (Phi) is 3.76. The molecule has 0 atom stereocenters. The normalized spacial score (nSPS) is 11.9. The summed E-state index contributed by atoms with van der Waals surface area (Å²) in [5, 5.41) is 0. The van der Waals surface area contributed by atoms with E-state index in [1.54, 1.807) is 19.3 Å². The van der Waals surface area contributed by atoms with Crippen LogP contribution in [-0.4, -0.2) is 18.0 Å². The number of benzene rings is 1. The van der Waals surface area contributed by atoms with Crippen molar-refractivity contribution in [1.82, 2.24) is 4.98 Å². The Morgan fingerprint density at radius 3 is 2.00 bits per heavy atom. The van der Waals surface area contributed by atoms with E-state index in [1.165, 1.54) is 12.1 Å². The molecule has 0 aliphatic carbocycles. The molecule has 2 rings (SSSR count). The molecular formula is C12H13NO3S. The van der Waals surface area contributed by atoms with Crippen LogP contribution in [0, 0.1) is 6.92 Å². The summed E-state index contributed by atoms with van der Waals surface area (Å²) in [5.74, 6) is 0. The van der Waals surface area contributed by atoms with Gasteiger partial charge < -0.3 is 0 Å². The number of hydrogen-bond acceptors (Lipinski definition) is 3. The number of aryl methyl sites for hydroxylation is 1. The minimum atomic E-state index is -4.46. The number of nitrogens with zero attached hydrogens (tertiary/aromatic N) is 1. The molecule has 1 heterocycles. The molecule has 0 bridgehead atoms. The van der Waals surface area contributed by atoms with Crippen molar-refractivity contribution in [3.05, 3.63) is 60.4 Å². The molecule has 1 N–H and O–H groups in total. The first-order valence-corrected chi connectivity index (χ1v) is 6.16. The highest BCUT2D eigenvalue weighted by Gasteiger charge is 2.06. The van der Waals surface area contributed by atoms with Gasteiger partial charge in [-0.1, -0.05) is 23.8 Å². The third-order valence-corrected chi connectivity index (χ3v) is 2.44. The Balaban J connectivity index is 0.000000250. The largest absolute Gasteiger partial charge is 0.294 e. The summed E-state index contributed by atoms with van der Waals surface area (Å²) < 4.78 is 44.6. The second kappa shape index (κ2) is 6.12. The molecule has 0 fully saturated rings. The molecule has 2 aromatic rings. The Morgan fingerprint density at radius 1 is 1.18 bits per heavy atom. The van der Waals surface area contributed by atoms with Crippen molar-refractivity contribution in [3.8, 4) is 0 Å². The van der Waals surface area contributed by atoms with Crippen LogP contribution >= 0.6 is 0 Å². The number of pyridine rings is 1. The first-order chi connectivity index (χ1) is 8.82. The van der Waals surface area contributed by atoms with E-state index in [0.717, 1.165) is 0 Å². The van der Waals surface area contributed by atoms with Crippen LogP contribution < -0.4 is 0 Å². The number of rotatable bonds is 1. The zero-order valence-corrected chi connectivity index (χ0v) is 9.98. The highest BCUT2D eigenvalue weighted by atomic mass is 32.2. The van der Waals surface area contributed by atoms with Crippen LogP contribution in [0.2, 0.25) is 0 Å². The molecule has 5 heteroatoms. The highest BCUT2D eigenvalue weighted by molar-refractivity contribution is 7.85. The molecule has 90 valence electrons. The first kappa shape index (κ1) is 10.4. The smallest absolute Gasteiger partial charge is 0.282 e. The van der Waals surface area contributed by atoms with E-state index in [1.807, 2.05) is 18.2 Å². The minimum Gasteiger partial charge on any atom is -0.282 e. The van der Waals surface area contributed by atoms with Gasteiger partial charge in [-0.15, -0.1) is 0 Å². The summed E-state index contributed by atoms with van der Waals surface area (Å²) in [6.45, 7) is 1.64. The molecule has 0 aliphatic rings. The second-order valence-corrected chi connectivity index (χ2v) is 4.51. The molecule has 0 spiro atoms. The van der Waals surface area contributed by atoms with Gasteiger partial charge in [-0.2, -0.15) is 8.42 Å². The van der Waals surface area contributed by atoms with Crippen LogP contribution in [0.4, 0.5) is 0 Å². The quantitative estimate of drug-likeness (QED) is 0.792. The summed E-state index contributed by atoms with van der Waals surface area (Å²) in [6, 6.07) is 7.56. The lowest BCUT2D eigenvalue weighted by Crippen LogP contribution is -1.96. The third kappa shape index (κ3) is 5.24. The number of aromatic nitrogens is 1. The molecule has 0 aliphatic heterocycles. The fraction of sp³-hybridized carbons (Fsp3) is 0.0833. The van der Waals surface area contributed by atoms with Gasteiger partial charge in [0.1, 0.15) is 0 Å². The predicted molar refractivity (Wildman–Crippen MR) is 65.2 cm³/mol. The van der Waals surface area contributed by atoms with Gasteiger partial charge >= 0.3 is 0 Å². The maximum Gasteiger partial charge on any atom is 0.294 e. The molecule has 0 saturated carbocycles. The zero-order valence-electron chi connectivity index (χ0n) is 11.2. The standard InChI is InChI=1S/C7H8O3S.C5H5N/c1-6-2-4-7(5-3-6)11(8,9)10;1-2-4-6-5-3-1/h2-5H,1H3,(H,8,9,10);1-5H/i4D,5D;. The van der Waals surface area contributed by atoms with Gasteiger partial charge in [0.15, 0.2) is 0 Å². The van der Waals surface area contributed by atoms with Gasteiger partial charge in [0.25, 0.3) is 10.1 Å². The van der Waals surface area contributed by atoms with E-state index in [-0.39, 0.29) is 12.1 Å². The van der Waals surface area contributed by atoms with Crippen molar-refractivity contribution in [2.45, 2.75) is 11.8 Å². The van der Waals surface area contributed by atoms with Crippen LogP contribution in [0.3, 0.4) is 0 Å². The van der Waals surface area contributed by atoms with Gasteiger partial charge in [0, 0.05) is 12.4 Å². The van der Waals surface area contributed by atoms with E-state index in [9.17, 15) is 8.42 Å². The summed E-state index contributed by atoms with van der Waals surface area (Å²) in [5.41, 5.74) is 0.613. The van der Waals surface area contributed by atoms with E-state index < -0.39 is 15.0 Å². The fourth-order valence-corrected chi connectivity index (χ4v) is 1.32. The van der Waals surface area contributed by atoms with Crippen molar-refractivity contribution in [2.75, 3.05) is 0 Å². The van der Waals surface area contributed by atoms with Crippen molar-refractivity contribution in [3.63, 3.8) is 0 Å². The lowest BCUT2D eigenvalue weighted by molar-refractivity contribution is 0.483. The van der Waals surface area contributed by atoms with E-state index in [2.05, 4.69) is 4.98 Å². The Bertz CT molecular complexity index is 596. The number of hydrogen-bond donors (Lipinski definition) is 1. The summed E-state index contributed by atoms with van der Waals surface area (Å²) in [4.78, 5) is 3.14. The van der Waals surface area contributed by atoms with E-state index >= 15 is 0 Å². The van der Waals surface area contributed by atoms with Crippen molar-refractivity contribution >= 4 is 10.1 Å². The van der Waals surface area contributed by atoms with Gasteiger partial charge in [-0.25, -0.2) is 0 Å². The van der Waals surface area contributed by atoms with Gasteiger partial charge in [0.2, 0.25) is 0 Å². The molecule has 17 heavy (non-hydrogen) atoms. The monoisotopic (exact) mass is 253 g/mol. The minimum absolute atomic E-state index is 0.354. The Morgan fingerprint density at radius 2 is 1.71 bits per heavy atom. The molecule has 4 nitrogen and oxygen atoms in total. The summed E-state index contributed by atoms with van der Waals surface area (Å²) >= 11 is 0. The highest BCUT2D eigenvalue weighted by Crippen LogP contribution is 2.08. The fourth-order valence-electron chi connectivity index (χ4n) is 0.904. The summed E-state index contributed by atoms with van der Waals surface area (Å²) in [7, 11) is -4.46. The Labute approximate surface area is 104 Å². The van der Waals surface area contributed by atoms with Crippen LogP contribution in [0.15, 0.2) is 59.7 Å². The van der Waals surface area contributed by atoms with Gasteiger partial charge in [0.05, 0.1) is 7.64 Å². The van der Waals surface area contributed by atoms with Crippen LogP contribution in [-0.2, 0) is 10.1 Å². The average molecular weight is 253 g/mol. The second-order valence-electron chi connectivity index (χ2n) is 3.15. The van der Waals surface area contributed by atoms with Crippen molar-refractivity contribution < 1.29 is 15.7 Å². The van der Waals surface area contributed by atoms with E-state index in [0.29, 0.717) is 5.56 Å². The van der Waals surface area contributed by atoms with Crippen LogP contribution in [0.1, 0.15) is 8.30 Å². The third-order valence-electron chi connectivity index (χ3n) is 1.69. The molecule has 0 saturated heterocycles. The maximum atomic E-state index is 10.7. The van der Waals surface area contributed by atoms with Gasteiger partial charge in [-0.05, 0) is 31.1 Å². The SMILES string of the molecule is [2H]c1cc(C)cc([2H])c1S(=O)(=O)O.c1ccncc1. The average Bonchev–Trinajstić information content (AvgIpc) is 2.28. The lowest BCUT2D eigenvalue weighted by Gasteiger charge is -1.95. The lowest BCUT2D eigenvalue weighted by atomic mass is 10.2. The topological polar surface area (TPSA) is 67.3 Å². The predicted octanol–water partition coefficient (Wildman–Crippen LogP) is 2.32. The van der Waals surface area contributed by atoms with Gasteiger partial charge in [-0.3, -0.25) is 9.54 Å². The molecule has 1 aromatic heterocycles. The summed E-state index contributed by atoms with van der Waals surface area (Å²) in [6.07, 6.45) is 3.50. The molecule has 0 amide bonds. The first-order valence-electron chi connectivity index (χ1n) is 5.72. The molecular weight excluding hydrogens is 238 g/mol. The van der Waals surface area contributed by atoms with Crippen LogP contribution in [0.5, 0.6) is 0 Å². The molecule has 0 unspecified atom stereocenters.